The summed E-state index contributed by atoms with van der Waals surface area (Å²) in [6.07, 6.45) is 5.27. The van der Waals surface area contributed by atoms with Crippen LogP contribution in [-0.4, -0.2) is 50.0 Å². The number of nitrogens with zero attached hydrogens (tertiary/aromatic N) is 7. The number of para-hydroxylation sites is 1. The average Bonchev–Trinajstić information content (AvgIpc) is 3.32. The van der Waals surface area contributed by atoms with Gasteiger partial charge in [-0.3, -0.25) is 0 Å². The zero-order valence-corrected chi connectivity index (χ0v) is 16.7. The Kier molecular flexibility index (Phi) is 4.21. The second-order valence-electron chi connectivity index (χ2n) is 6.87. The molecule has 0 N–H and O–H groups in total. The number of rotatable bonds is 3. The first-order valence-electron chi connectivity index (χ1n) is 9.15. The molecule has 0 saturated carbocycles. The maximum Gasteiger partial charge on any atom is 0.183 e. The van der Waals surface area contributed by atoms with Crippen LogP contribution in [0.2, 0.25) is 5.02 Å². The quantitative estimate of drug-likeness (QED) is 0.518. The van der Waals surface area contributed by atoms with Gasteiger partial charge in [-0.25, -0.2) is 19.6 Å². The Balaban J connectivity index is 1.62. The first-order chi connectivity index (χ1) is 14.1. The number of fused-ring (bicyclic) bond motifs is 3. The predicted molar refractivity (Wildman–Crippen MR) is 111 cm³/mol. The van der Waals surface area contributed by atoms with Crippen LogP contribution in [-0.2, 0) is 6.54 Å². The third kappa shape index (κ3) is 3.01. The molecule has 146 valence electrons. The molecule has 8 nitrogen and oxygen atoms in total. The van der Waals surface area contributed by atoms with Gasteiger partial charge in [-0.15, -0.1) is 0 Å². The van der Waals surface area contributed by atoms with Crippen molar-refractivity contribution >= 4 is 17.4 Å². The Morgan fingerprint density at radius 2 is 2.00 bits per heavy atom. The molecule has 0 amide bonds. The van der Waals surface area contributed by atoms with E-state index in [1.165, 1.54) is 6.33 Å². The molecule has 9 heteroatoms. The van der Waals surface area contributed by atoms with E-state index < -0.39 is 0 Å². The van der Waals surface area contributed by atoms with Crippen LogP contribution < -0.4 is 9.64 Å². The number of pyridine rings is 1. The van der Waals surface area contributed by atoms with E-state index in [0.29, 0.717) is 29.7 Å². The molecule has 4 heterocycles. The minimum Gasteiger partial charge on any atom is -0.491 e. The minimum absolute atomic E-state index is 0.546. The van der Waals surface area contributed by atoms with Crippen LogP contribution in [0.1, 0.15) is 0 Å². The van der Waals surface area contributed by atoms with Crippen LogP contribution in [0.15, 0.2) is 49.1 Å². The second-order valence-corrected chi connectivity index (χ2v) is 7.28. The highest BCUT2D eigenvalue weighted by Gasteiger charge is 2.22. The molecule has 0 bridgehead atoms. The van der Waals surface area contributed by atoms with E-state index in [-0.39, 0.29) is 0 Å². The zero-order chi connectivity index (χ0) is 20.0. The summed E-state index contributed by atoms with van der Waals surface area (Å²) in [6.45, 7) is 1.22. The number of halogens is 1. The monoisotopic (exact) mass is 407 g/mol. The van der Waals surface area contributed by atoms with Crippen LogP contribution in [0.5, 0.6) is 5.75 Å². The molecule has 3 aromatic heterocycles. The Morgan fingerprint density at radius 3 is 2.83 bits per heavy atom. The standard InChI is InChI=1S/C20H18ClN7O/c1-26(2)18-9-17-13(10-22-18)19-25-15(11-27(19)7-8-29-17)20-23-12-24-28(20)16-6-4-3-5-14(16)21/h3-6,9-12H,7-8H2,1-2H3. The summed E-state index contributed by atoms with van der Waals surface area (Å²) in [5, 5.41) is 4.95. The van der Waals surface area contributed by atoms with Gasteiger partial charge in [-0.2, -0.15) is 5.10 Å². The number of benzene rings is 1. The fourth-order valence-electron chi connectivity index (χ4n) is 3.34. The molecule has 0 fully saturated rings. The first kappa shape index (κ1) is 17.7. The number of hydrogen-bond acceptors (Lipinski definition) is 6. The highest BCUT2D eigenvalue weighted by atomic mass is 35.5. The maximum absolute atomic E-state index is 6.36. The van der Waals surface area contributed by atoms with Crippen LogP contribution in [0.3, 0.4) is 0 Å². The van der Waals surface area contributed by atoms with Crippen LogP contribution >= 0.6 is 11.6 Å². The van der Waals surface area contributed by atoms with Crippen LogP contribution in [0.4, 0.5) is 5.82 Å². The van der Waals surface area contributed by atoms with Crippen molar-refractivity contribution in [3.63, 3.8) is 0 Å². The lowest BCUT2D eigenvalue weighted by Gasteiger charge is -2.13. The summed E-state index contributed by atoms with van der Waals surface area (Å²) in [5.74, 6) is 3.02. The number of imidazole rings is 1. The second kappa shape index (κ2) is 6.89. The van der Waals surface area contributed by atoms with Crippen molar-refractivity contribution in [2.75, 3.05) is 25.6 Å². The van der Waals surface area contributed by atoms with E-state index in [1.807, 2.05) is 55.5 Å². The SMILES string of the molecule is CN(C)c1cc2c(cn1)-c1nc(-c3ncnn3-c3ccccc3Cl)cn1CCO2. The molecule has 0 atom stereocenters. The van der Waals surface area contributed by atoms with Crippen molar-refractivity contribution < 1.29 is 4.74 Å². The largest absolute Gasteiger partial charge is 0.491 e. The topological polar surface area (TPSA) is 73.9 Å². The summed E-state index contributed by atoms with van der Waals surface area (Å²) < 4.78 is 9.70. The van der Waals surface area contributed by atoms with Gasteiger partial charge in [0.25, 0.3) is 0 Å². The van der Waals surface area contributed by atoms with Crippen molar-refractivity contribution in [1.82, 2.24) is 29.3 Å². The number of aromatic nitrogens is 6. The summed E-state index contributed by atoms with van der Waals surface area (Å²) >= 11 is 6.36. The summed E-state index contributed by atoms with van der Waals surface area (Å²) in [7, 11) is 3.90. The Morgan fingerprint density at radius 1 is 1.14 bits per heavy atom. The first-order valence-corrected chi connectivity index (χ1v) is 9.52. The minimum atomic E-state index is 0.546. The van der Waals surface area contributed by atoms with Crippen LogP contribution in [0, 0.1) is 0 Å². The van der Waals surface area contributed by atoms with E-state index in [2.05, 4.69) is 19.6 Å². The molecule has 0 spiro atoms. The average molecular weight is 408 g/mol. The van der Waals surface area contributed by atoms with Crippen molar-refractivity contribution in [2.24, 2.45) is 0 Å². The third-order valence-electron chi connectivity index (χ3n) is 4.77. The van der Waals surface area contributed by atoms with Gasteiger partial charge >= 0.3 is 0 Å². The summed E-state index contributed by atoms with van der Waals surface area (Å²) in [4.78, 5) is 15.7. The van der Waals surface area contributed by atoms with Crippen molar-refractivity contribution in [3.05, 3.63) is 54.1 Å². The molecular weight excluding hydrogens is 390 g/mol. The van der Waals surface area contributed by atoms with E-state index >= 15 is 0 Å². The van der Waals surface area contributed by atoms with E-state index in [0.717, 1.165) is 28.6 Å². The van der Waals surface area contributed by atoms with Gasteiger partial charge in [-0.05, 0) is 12.1 Å². The molecule has 0 aliphatic carbocycles. The molecule has 0 saturated heterocycles. The van der Waals surface area contributed by atoms with Gasteiger partial charge in [-0.1, -0.05) is 23.7 Å². The van der Waals surface area contributed by atoms with Crippen molar-refractivity contribution in [1.29, 1.82) is 0 Å². The lowest BCUT2D eigenvalue weighted by atomic mass is 10.2. The molecule has 1 aliphatic rings. The molecular formula is C20H18ClN7O. The highest BCUT2D eigenvalue weighted by molar-refractivity contribution is 6.32. The summed E-state index contributed by atoms with van der Waals surface area (Å²) in [6, 6.07) is 9.46. The predicted octanol–water partition coefficient (Wildman–Crippen LogP) is 3.30. The van der Waals surface area contributed by atoms with Gasteiger partial charge in [0.1, 0.15) is 36.0 Å². The number of hydrogen-bond donors (Lipinski definition) is 0. The lowest BCUT2D eigenvalue weighted by Crippen LogP contribution is -2.11. The van der Waals surface area contributed by atoms with Gasteiger partial charge in [0.05, 0.1) is 22.8 Å². The highest BCUT2D eigenvalue weighted by Crippen LogP contribution is 2.35. The van der Waals surface area contributed by atoms with Crippen LogP contribution in [0.25, 0.3) is 28.6 Å². The fourth-order valence-corrected chi connectivity index (χ4v) is 3.55. The molecule has 1 aliphatic heterocycles. The normalized spacial score (nSPS) is 12.7. The van der Waals surface area contributed by atoms with E-state index in [9.17, 15) is 0 Å². The molecule has 29 heavy (non-hydrogen) atoms. The van der Waals surface area contributed by atoms with Gasteiger partial charge in [0.15, 0.2) is 5.82 Å². The van der Waals surface area contributed by atoms with Gasteiger partial charge < -0.3 is 14.2 Å². The Labute approximate surface area is 172 Å². The van der Waals surface area contributed by atoms with Gasteiger partial charge in [0.2, 0.25) is 0 Å². The third-order valence-corrected chi connectivity index (χ3v) is 5.09. The number of ether oxygens (including phenoxy) is 1. The van der Waals surface area contributed by atoms with Gasteiger partial charge in [0, 0.05) is 32.6 Å². The van der Waals surface area contributed by atoms with Crippen molar-refractivity contribution in [3.8, 4) is 34.3 Å². The summed E-state index contributed by atoms with van der Waals surface area (Å²) in [5.41, 5.74) is 2.32. The molecule has 5 rings (SSSR count). The van der Waals surface area contributed by atoms with E-state index in [1.54, 1.807) is 10.9 Å². The van der Waals surface area contributed by atoms with E-state index in [4.69, 9.17) is 21.3 Å². The molecule has 4 aromatic rings. The lowest BCUT2D eigenvalue weighted by molar-refractivity contribution is 0.306. The Hall–Kier alpha value is -3.39. The molecule has 0 unspecified atom stereocenters. The Bertz CT molecular complexity index is 1200. The molecule has 0 radical (unpaired) electrons. The molecule has 1 aromatic carbocycles. The fraction of sp³-hybridized carbons (Fsp3) is 0.200. The van der Waals surface area contributed by atoms with Crippen molar-refractivity contribution in [2.45, 2.75) is 6.54 Å². The zero-order valence-electron chi connectivity index (χ0n) is 15.9. The number of anilines is 1. The maximum atomic E-state index is 6.36. The smallest absolute Gasteiger partial charge is 0.183 e.